The number of hydrogen-bond donors (Lipinski definition) is 3. The van der Waals surface area contributed by atoms with Gasteiger partial charge in [0.2, 0.25) is 0 Å². The molecular weight excluding hydrogens is 328 g/mol. The minimum atomic E-state index is -0.685. The Morgan fingerprint density at radius 3 is 2.74 bits per heavy atom. The van der Waals surface area contributed by atoms with Crippen molar-refractivity contribution in [1.82, 2.24) is 10.6 Å². The molecule has 1 aromatic rings. The number of aliphatic hydroxyl groups is 1. The zero-order valence-corrected chi connectivity index (χ0v) is 13.1. The molecule has 1 aliphatic rings. The zero-order valence-electron chi connectivity index (χ0n) is 10.7. The summed E-state index contributed by atoms with van der Waals surface area (Å²) in [6.07, 6.45) is 4.50. The highest BCUT2D eigenvalue weighted by Crippen LogP contribution is 2.28. The van der Waals surface area contributed by atoms with Crippen molar-refractivity contribution in [2.24, 2.45) is 0 Å². The Hall–Kier alpha value is -0.590. The van der Waals surface area contributed by atoms with E-state index in [0.29, 0.717) is 13.1 Å². The van der Waals surface area contributed by atoms with Gasteiger partial charge in [-0.25, -0.2) is 4.79 Å². The van der Waals surface area contributed by atoms with Gasteiger partial charge in [-0.1, -0.05) is 12.8 Å². The fraction of sp³-hybridized carbons (Fsp3) is 0.615. The Labute approximate surface area is 125 Å². The number of amides is 2. The zero-order chi connectivity index (χ0) is 13.7. The average molecular weight is 347 g/mol. The van der Waals surface area contributed by atoms with Crippen LogP contribution in [0.2, 0.25) is 0 Å². The lowest BCUT2D eigenvalue weighted by Crippen LogP contribution is -2.45. The predicted octanol–water partition coefficient (Wildman–Crippen LogP) is 2.66. The molecule has 2 rings (SSSR count). The Kier molecular flexibility index (Phi) is 5.24. The maximum atomic E-state index is 11.6. The molecule has 3 N–H and O–H groups in total. The van der Waals surface area contributed by atoms with Gasteiger partial charge in [0.1, 0.15) is 0 Å². The summed E-state index contributed by atoms with van der Waals surface area (Å²) >= 11 is 5.09. The van der Waals surface area contributed by atoms with E-state index in [-0.39, 0.29) is 6.03 Å². The highest BCUT2D eigenvalue weighted by atomic mass is 79.9. The second kappa shape index (κ2) is 6.72. The van der Waals surface area contributed by atoms with Crippen LogP contribution in [0, 0.1) is 0 Å². The molecule has 6 heteroatoms. The van der Waals surface area contributed by atoms with E-state index < -0.39 is 5.60 Å². The molecule has 4 nitrogen and oxygen atoms in total. The van der Waals surface area contributed by atoms with E-state index in [9.17, 15) is 9.90 Å². The monoisotopic (exact) mass is 346 g/mol. The molecule has 0 aromatic carbocycles. The summed E-state index contributed by atoms with van der Waals surface area (Å²) in [5.74, 6) is 0. The number of carbonyl (C=O) groups is 1. The van der Waals surface area contributed by atoms with Crippen molar-refractivity contribution in [1.29, 1.82) is 0 Å². The smallest absolute Gasteiger partial charge is 0.314 e. The summed E-state index contributed by atoms with van der Waals surface area (Å²) in [6, 6.07) is 3.86. The third-order valence-corrected chi connectivity index (χ3v) is 5.08. The van der Waals surface area contributed by atoms with Gasteiger partial charge in [-0.15, -0.1) is 11.3 Å². The molecule has 0 spiro atoms. The Bertz CT molecular complexity index is 430. The highest BCUT2D eigenvalue weighted by molar-refractivity contribution is 9.11. The first-order valence-electron chi connectivity index (χ1n) is 6.56. The molecule has 1 aliphatic carbocycles. The number of rotatable bonds is 5. The molecule has 106 valence electrons. The summed E-state index contributed by atoms with van der Waals surface area (Å²) in [4.78, 5) is 12.8. The molecule has 1 aromatic heterocycles. The van der Waals surface area contributed by atoms with Crippen LogP contribution >= 0.6 is 27.3 Å². The van der Waals surface area contributed by atoms with E-state index in [1.807, 2.05) is 6.07 Å². The van der Waals surface area contributed by atoms with Gasteiger partial charge in [-0.05, 0) is 47.3 Å². The largest absolute Gasteiger partial charge is 0.388 e. The molecular formula is C13H19BrN2O2S. The molecule has 1 fully saturated rings. The topological polar surface area (TPSA) is 61.4 Å². The van der Waals surface area contributed by atoms with Gasteiger partial charge >= 0.3 is 6.03 Å². The molecule has 0 unspecified atom stereocenters. The van der Waals surface area contributed by atoms with Crippen LogP contribution in [0.15, 0.2) is 15.9 Å². The van der Waals surface area contributed by atoms with Gasteiger partial charge in [0.15, 0.2) is 0 Å². The quantitative estimate of drug-likeness (QED) is 0.767. The van der Waals surface area contributed by atoms with Gasteiger partial charge in [0, 0.05) is 18.0 Å². The average Bonchev–Trinajstić information content (AvgIpc) is 2.97. The van der Waals surface area contributed by atoms with E-state index in [0.717, 1.165) is 35.9 Å². The van der Waals surface area contributed by atoms with Crippen LogP contribution in [0.3, 0.4) is 0 Å². The maximum absolute atomic E-state index is 11.6. The first-order chi connectivity index (χ1) is 9.07. The first kappa shape index (κ1) is 14.8. The van der Waals surface area contributed by atoms with Gasteiger partial charge < -0.3 is 15.7 Å². The van der Waals surface area contributed by atoms with Gasteiger partial charge in [0.05, 0.1) is 9.39 Å². The summed E-state index contributed by atoms with van der Waals surface area (Å²) in [6.45, 7) is 0.959. The lowest BCUT2D eigenvalue weighted by atomic mass is 10.0. The lowest BCUT2D eigenvalue weighted by molar-refractivity contribution is 0.0501. The van der Waals surface area contributed by atoms with Crippen LogP contribution in [0.25, 0.3) is 0 Å². The summed E-state index contributed by atoms with van der Waals surface area (Å²) in [5.41, 5.74) is -0.685. The van der Waals surface area contributed by atoms with Gasteiger partial charge in [-0.2, -0.15) is 0 Å². The van der Waals surface area contributed by atoms with Crippen molar-refractivity contribution in [3.8, 4) is 0 Å². The number of hydrogen-bond acceptors (Lipinski definition) is 3. The molecule has 1 saturated carbocycles. The van der Waals surface area contributed by atoms with Crippen molar-refractivity contribution in [2.45, 2.75) is 37.7 Å². The van der Waals surface area contributed by atoms with Crippen LogP contribution in [0.4, 0.5) is 4.79 Å². The second-order valence-corrected chi connectivity index (χ2v) is 7.54. The van der Waals surface area contributed by atoms with Crippen molar-refractivity contribution in [3.05, 3.63) is 20.8 Å². The SMILES string of the molecule is O=C(NCCc1ccc(Br)s1)NCC1(O)CCCC1. The van der Waals surface area contributed by atoms with Crippen LogP contribution in [-0.4, -0.2) is 29.8 Å². The molecule has 2 amide bonds. The maximum Gasteiger partial charge on any atom is 0.314 e. The normalized spacial score (nSPS) is 17.4. The fourth-order valence-corrected chi connectivity index (χ4v) is 3.79. The van der Waals surface area contributed by atoms with Crippen molar-refractivity contribution >= 4 is 33.3 Å². The minimum Gasteiger partial charge on any atom is -0.388 e. The Morgan fingerprint density at radius 1 is 1.37 bits per heavy atom. The van der Waals surface area contributed by atoms with Gasteiger partial charge in [0.25, 0.3) is 0 Å². The number of nitrogens with one attached hydrogen (secondary N) is 2. The molecule has 0 bridgehead atoms. The van der Waals surface area contributed by atoms with Crippen molar-refractivity contribution in [2.75, 3.05) is 13.1 Å². The second-order valence-electron chi connectivity index (χ2n) is 5.00. The first-order valence-corrected chi connectivity index (χ1v) is 8.17. The van der Waals surface area contributed by atoms with Crippen molar-refractivity contribution < 1.29 is 9.90 Å². The minimum absolute atomic E-state index is 0.198. The third-order valence-electron chi connectivity index (χ3n) is 3.40. The van der Waals surface area contributed by atoms with E-state index in [1.54, 1.807) is 11.3 Å². The van der Waals surface area contributed by atoms with E-state index in [2.05, 4.69) is 32.6 Å². The number of thiophene rings is 1. The van der Waals surface area contributed by atoms with Crippen LogP contribution < -0.4 is 10.6 Å². The highest BCUT2D eigenvalue weighted by Gasteiger charge is 2.31. The van der Waals surface area contributed by atoms with Crippen molar-refractivity contribution in [3.63, 3.8) is 0 Å². The summed E-state index contributed by atoms with van der Waals surface area (Å²) < 4.78 is 1.11. The van der Waals surface area contributed by atoms with E-state index in [1.165, 1.54) is 4.88 Å². The summed E-state index contributed by atoms with van der Waals surface area (Å²) in [7, 11) is 0. The lowest BCUT2D eigenvalue weighted by Gasteiger charge is -2.22. The van der Waals surface area contributed by atoms with E-state index in [4.69, 9.17) is 0 Å². The molecule has 0 radical (unpaired) electrons. The predicted molar refractivity (Wildman–Crippen MR) is 80.5 cm³/mol. The summed E-state index contributed by atoms with van der Waals surface area (Å²) in [5, 5.41) is 15.7. The van der Waals surface area contributed by atoms with Crippen LogP contribution in [0.1, 0.15) is 30.6 Å². The van der Waals surface area contributed by atoms with Crippen LogP contribution in [-0.2, 0) is 6.42 Å². The number of halogens is 1. The Morgan fingerprint density at radius 2 is 2.11 bits per heavy atom. The number of carbonyl (C=O) groups excluding carboxylic acids is 1. The van der Waals surface area contributed by atoms with Gasteiger partial charge in [-0.3, -0.25) is 0 Å². The Balaban J connectivity index is 1.62. The molecule has 19 heavy (non-hydrogen) atoms. The molecule has 0 aliphatic heterocycles. The molecule has 1 heterocycles. The van der Waals surface area contributed by atoms with E-state index >= 15 is 0 Å². The van der Waals surface area contributed by atoms with Crippen LogP contribution in [0.5, 0.6) is 0 Å². The molecule has 0 atom stereocenters. The number of urea groups is 1. The standard InChI is InChI=1S/C13H19BrN2O2S/c14-11-4-3-10(19-11)5-8-15-12(17)16-9-13(18)6-1-2-7-13/h3-4,18H,1-2,5-9H2,(H2,15,16,17). The fourth-order valence-electron chi connectivity index (χ4n) is 2.30. The third kappa shape index (κ3) is 4.78. The molecule has 0 saturated heterocycles.